The normalized spacial score (nSPS) is 29.3. The summed E-state index contributed by atoms with van der Waals surface area (Å²) in [6.07, 6.45) is 0.0143. The van der Waals surface area contributed by atoms with Crippen LogP contribution in [-0.2, 0) is 48.2 Å². The Bertz CT molecular complexity index is 2370. The summed E-state index contributed by atoms with van der Waals surface area (Å²) < 4.78 is 0. The molecule has 2 fully saturated rings. The van der Waals surface area contributed by atoms with Gasteiger partial charge in [0.05, 0.1) is 17.7 Å². The van der Waals surface area contributed by atoms with E-state index < -0.39 is 104 Å². The van der Waals surface area contributed by atoms with E-state index in [0.717, 1.165) is 0 Å². The molecular weight excluding hydrogens is 736 g/mol. The summed E-state index contributed by atoms with van der Waals surface area (Å²) >= 11 is 0. The van der Waals surface area contributed by atoms with Crippen LogP contribution >= 0.6 is 0 Å². The Kier molecular flexibility index (Phi) is 8.75. The minimum absolute atomic E-state index is 0.0244. The minimum atomic E-state index is -2.57. The number of carbonyl (C=O) groups excluding carboxylic acids is 6. The number of hydrogen-bond acceptors (Lipinski definition) is 15. The number of carbonyl (C=O) groups is 6. The maximum Gasteiger partial charge on any atom is 0.255 e. The highest BCUT2D eigenvalue weighted by Crippen LogP contribution is 2.53. The smallest absolute Gasteiger partial charge is 0.255 e. The number of benzene rings is 2. The molecule has 0 bridgehead atoms. The van der Waals surface area contributed by atoms with E-state index in [1.54, 1.807) is 12.1 Å². The molecule has 0 spiro atoms. The van der Waals surface area contributed by atoms with E-state index in [4.69, 9.17) is 11.5 Å². The number of phenolic OH excluding ortho intramolecular Hbond substituents is 2. The van der Waals surface area contributed by atoms with Crippen molar-refractivity contribution in [3.63, 3.8) is 0 Å². The van der Waals surface area contributed by atoms with Crippen molar-refractivity contribution in [2.75, 3.05) is 0 Å². The van der Waals surface area contributed by atoms with Crippen LogP contribution in [0.25, 0.3) is 11.5 Å². The Morgan fingerprint density at radius 1 is 0.643 bits per heavy atom. The number of amides is 2. The van der Waals surface area contributed by atoms with Gasteiger partial charge in [-0.25, -0.2) is 0 Å². The quantitative estimate of drug-likeness (QED) is 0.187. The van der Waals surface area contributed by atoms with Gasteiger partial charge in [0.2, 0.25) is 11.6 Å². The zero-order chi connectivity index (χ0) is 40.9. The van der Waals surface area contributed by atoms with E-state index in [9.17, 15) is 74.7 Å². The number of Topliss-reactive ketones (excluding diaryl/α,β-unsaturated/α-hetero) is 4. The van der Waals surface area contributed by atoms with Crippen LogP contribution in [0.2, 0.25) is 0 Å². The second kappa shape index (κ2) is 12.9. The van der Waals surface area contributed by atoms with Gasteiger partial charge in [-0.15, -0.1) is 0 Å². The summed E-state index contributed by atoms with van der Waals surface area (Å²) in [5.41, 5.74) is 4.87. The van der Waals surface area contributed by atoms with Gasteiger partial charge in [-0.05, 0) is 66.3 Å². The number of primary amides is 2. The summed E-state index contributed by atoms with van der Waals surface area (Å²) in [6.45, 7) is -0.344. The Hall–Kier alpha value is -6.30. The van der Waals surface area contributed by atoms with Crippen molar-refractivity contribution in [2.45, 2.75) is 56.3 Å². The average molecular weight is 773 g/mol. The lowest BCUT2D eigenvalue weighted by atomic mass is 9.59. The number of aliphatic hydroxyl groups excluding tert-OH is 5. The van der Waals surface area contributed by atoms with E-state index >= 15 is 0 Å². The summed E-state index contributed by atoms with van der Waals surface area (Å²) in [4.78, 5) is 73.9. The number of nitrogens with two attached hydrogens (primary N) is 2. The van der Waals surface area contributed by atoms with Crippen LogP contribution in [0.5, 0.6) is 11.5 Å². The number of rotatable bonds is 3. The summed E-state index contributed by atoms with van der Waals surface area (Å²) in [5.74, 6) is -12.8. The third kappa shape index (κ3) is 5.11. The number of phenols is 2. The Morgan fingerprint density at radius 3 is 1.59 bits per heavy atom. The average Bonchev–Trinajstić information content (AvgIpc) is 3.11. The van der Waals surface area contributed by atoms with Crippen LogP contribution in [0.4, 0.5) is 0 Å². The fraction of sp³-hybridized carbons (Fsp3) is 0.333. The molecule has 0 aromatic heterocycles. The van der Waals surface area contributed by atoms with Crippen molar-refractivity contribution in [3.05, 3.63) is 92.0 Å². The largest absolute Gasteiger partial charge is 0.508 e. The maximum absolute atomic E-state index is 13.2. The monoisotopic (exact) mass is 772 g/mol. The van der Waals surface area contributed by atoms with Gasteiger partial charge >= 0.3 is 0 Å². The molecule has 0 unspecified atom stereocenters. The molecule has 2 aromatic rings. The van der Waals surface area contributed by atoms with Gasteiger partial charge in [-0.1, -0.05) is 18.2 Å². The summed E-state index contributed by atoms with van der Waals surface area (Å²) in [6, 6.07) is 7.47. The summed E-state index contributed by atoms with van der Waals surface area (Å²) in [7, 11) is 0. The van der Waals surface area contributed by atoms with Gasteiger partial charge < -0.3 is 57.4 Å². The molecule has 17 nitrogen and oxygen atoms in total. The maximum atomic E-state index is 13.2. The highest BCUT2D eigenvalue weighted by atomic mass is 16.4. The molecule has 17 heteroatoms. The third-order valence-electron chi connectivity index (χ3n) is 12.0. The van der Waals surface area contributed by atoms with Crippen molar-refractivity contribution >= 4 is 46.5 Å². The molecule has 0 radical (unpaired) electrons. The topological polar surface area (TPSA) is 337 Å². The van der Waals surface area contributed by atoms with Gasteiger partial charge in [-0.2, -0.15) is 0 Å². The van der Waals surface area contributed by atoms with Crippen molar-refractivity contribution in [1.29, 1.82) is 0 Å². The van der Waals surface area contributed by atoms with Crippen molar-refractivity contribution in [2.24, 2.45) is 35.1 Å². The van der Waals surface area contributed by atoms with Crippen LogP contribution < -0.4 is 11.5 Å². The van der Waals surface area contributed by atoms with E-state index in [1.165, 1.54) is 18.2 Å². The number of fused-ring (bicyclic) bond motifs is 6. The SMILES string of the molecule is NC(=O)C1=C(O)[C@@]2(O)C(=O)C3=C(O)c4c(O)ccc(CO)c4C[C@H]3C[C@H]2CC1=O.NC(=O)C1=C(O)[C@@]2(O)C(=O)C3=C(O)c4c(O)cccc4C[C@H]3C[C@H]2CC1=O. The zero-order valence-electron chi connectivity index (χ0n) is 29.3. The first-order chi connectivity index (χ1) is 26.3. The van der Waals surface area contributed by atoms with Gasteiger partial charge in [0.1, 0.15) is 45.7 Å². The molecule has 6 aliphatic carbocycles. The minimum Gasteiger partial charge on any atom is -0.508 e. The molecule has 0 saturated heterocycles. The standard InChI is InChI=1S/C20H19NO8.C19H17NO7/c21-19(28)15-12(24)5-9-3-8-4-10-7(6-22)1-2-11(23)14(10)16(25)13(8)17(26)20(9,29)18(15)27;20-18(26)14-11(22)6-9-5-8-4-7-2-1-3-10(21)12(7)15(23)13(8)16(24)19(9,27)17(14)25/h1-2,8-9,22-23,25,27,29H,3-6H2,(H2,21,28);1-3,8-9,21,23,25,27H,4-6H2,(H2,20,26)/t8-,9+,20+;8-,9-,19-/m10/s1. The van der Waals surface area contributed by atoms with Crippen LogP contribution in [0, 0.1) is 23.7 Å². The first kappa shape index (κ1) is 38.0. The Labute approximate surface area is 315 Å². The van der Waals surface area contributed by atoms with Gasteiger partial charge in [-0.3, -0.25) is 28.8 Å². The lowest BCUT2D eigenvalue weighted by Crippen LogP contribution is -2.58. The molecule has 6 aliphatic rings. The molecule has 13 N–H and O–H groups in total. The molecule has 292 valence electrons. The molecule has 2 aromatic carbocycles. The zero-order valence-corrected chi connectivity index (χ0v) is 29.3. The van der Waals surface area contributed by atoms with Crippen molar-refractivity contribution in [1.82, 2.24) is 0 Å². The second-order valence-corrected chi connectivity index (χ2v) is 14.9. The fourth-order valence-electron chi connectivity index (χ4n) is 9.39. The van der Waals surface area contributed by atoms with Crippen LogP contribution in [0.1, 0.15) is 53.5 Å². The fourth-order valence-corrected chi connectivity index (χ4v) is 9.39. The molecule has 2 saturated carbocycles. The van der Waals surface area contributed by atoms with E-state index in [2.05, 4.69) is 0 Å². The van der Waals surface area contributed by atoms with E-state index in [-0.39, 0.29) is 72.5 Å². The number of aliphatic hydroxyl groups is 7. The molecule has 0 heterocycles. The number of ketones is 4. The van der Waals surface area contributed by atoms with Gasteiger partial charge in [0.25, 0.3) is 11.8 Å². The van der Waals surface area contributed by atoms with Gasteiger partial charge in [0, 0.05) is 35.8 Å². The van der Waals surface area contributed by atoms with Gasteiger partial charge in [0.15, 0.2) is 22.8 Å². The first-order valence-corrected chi connectivity index (χ1v) is 17.5. The molecule has 2 amide bonds. The van der Waals surface area contributed by atoms with E-state index in [1.807, 2.05) is 0 Å². The van der Waals surface area contributed by atoms with Crippen molar-refractivity contribution < 1.29 is 74.7 Å². The van der Waals surface area contributed by atoms with Crippen LogP contribution in [0.3, 0.4) is 0 Å². The number of aromatic hydroxyl groups is 2. The third-order valence-corrected chi connectivity index (χ3v) is 12.0. The summed E-state index contributed by atoms with van der Waals surface area (Å²) in [5, 5.41) is 94.2. The molecular formula is C39H36N2O15. The molecule has 6 atom stereocenters. The predicted octanol–water partition coefficient (Wildman–Crippen LogP) is 0.340. The lowest BCUT2D eigenvalue weighted by Gasteiger charge is -2.46. The predicted molar refractivity (Wildman–Crippen MR) is 189 cm³/mol. The lowest BCUT2D eigenvalue weighted by molar-refractivity contribution is -0.149. The second-order valence-electron chi connectivity index (χ2n) is 14.9. The van der Waals surface area contributed by atoms with Crippen LogP contribution in [-0.4, -0.2) is 92.1 Å². The van der Waals surface area contributed by atoms with Crippen LogP contribution in [0.15, 0.2) is 64.1 Å². The van der Waals surface area contributed by atoms with E-state index in [0.29, 0.717) is 23.1 Å². The first-order valence-electron chi connectivity index (χ1n) is 17.5. The highest BCUT2D eigenvalue weighted by Gasteiger charge is 2.62. The molecule has 0 aliphatic heterocycles. The Morgan fingerprint density at radius 2 is 1.11 bits per heavy atom. The number of hydrogen-bond donors (Lipinski definition) is 11. The molecule has 8 rings (SSSR count). The Balaban J connectivity index is 0.000000172. The molecule has 56 heavy (non-hydrogen) atoms. The van der Waals surface area contributed by atoms with Crippen molar-refractivity contribution in [3.8, 4) is 11.5 Å². The highest BCUT2D eigenvalue weighted by molar-refractivity contribution is 6.24.